The van der Waals surface area contributed by atoms with Crippen LogP contribution in [0, 0.1) is 0 Å². The van der Waals surface area contributed by atoms with Crippen molar-refractivity contribution in [2.24, 2.45) is 5.73 Å². The zero-order valence-electron chi connectivity index (χ0n) is 35.1. The van der Waals surface area contributed by atoms with E-state index in [4.69, 9.17) is 24.3 Å². The molecule has 320 valence electrons. The number of carbonyl (C=O) groups is 2. The lowest BCUT2D eigenvalue weighted by Gasteiger charge is -2.19. The average Bonchev–Trinajstić information content (AvgIpc) is 3.18. The maximum Gasteiger partial charge on any atom is 0.472 e. The van der Waals surface area contributed by atoms with Crippen molar-refractivity contribution in [3.63, 3.8) is 0 Å². The molecule has 0 spiro atoms. The van der Waals surface area contributed by atoms with Gasteiger partial charge in [0.2, 0.25) is 0 Å². The topological polar surface area (TPSA) is 134 Å². The Bertz CT molecular complexity index is 1190. The summed E-state index contributed by atoms with van der Waals surface area (Å²) in [5.41, 5.74) is 5.34. The third-order valence-electron chi connectivity index (χ3n) is 8.55. The van der Waals surface area contributed by atoms with E-state index in [0.717, 1.165) is 64.2 Å². The summed E-state index contributed by atoms with van der Waals surface area (Å²) in [5, 5.41) is 0. The lowest BCUT2D eigenvalue weighted by Crippen LogP contribution is -2.29. The zero-order chi connectivity index (χ0) is 41.1. The summed E-state index contributed by atoms with van der Waals surface area (Å²) < 4.78 is 32.7. The van der Waals surface area contributed by atoms with Crippen LogP contribution < -0.4 is 5.73 Å². The highest BCUT2D eigenvalue weighted by molar-refractivity contribution is 7.47. The van der Waals surface area contributed by atoms with Crippen molar-refractivity contribution >= 4 is 19.8 Å². The van der Waals surface area contributed by atoms with Gasteiger partial charge in [0.05, 0.1) is 13.2 Å². The molecule has 0 bridgehead atoms. The average molecular weight is 804 g/mol. The predicted molar refractivity (Wildman–Crippen MR) is 233 cm³/mol. The molecule has 3 N–H and O–H groups in total. The zero-order valence-corrected chi connectivity index (χ0v) is 36.0. The molecule has 10 heteroatoms. The number of hydrogen-bond acceptors (Lipinski definition) is 8. The van der Waals surface area contributed by atoms with Gasteiger partial charge in [0, 0.05) is 19.4 Å². The Hall–Kier alpha value is -2.81. The van der Waals surface area contributed by atoms with Gasteiger partial charge in [-0.05, 0) is 64.2 Å². The summed E-state index contributed by atoms with van der Waals surface area (Å²) in [5.74, 6) is -0.904. The van der Waals surface area contributed by atoms with Crippen LogP contribution in [-0.2, 0) is 32.7 Å². The second-order valence-electron chi connectivity index (χ2n) is 13.8. The first kappa shape index (κ1) is 53.2. The molecule has 0 aliphatic carbocycles. The molecular weight excluding hydrogens is 725 g/mol. The summed E-state index contributed by atoms with van der Waals surface area (Å²) in [7, 11) is -4.39. The maximum atomic E-state index is 12.6. The molecular formula is C46H78NO8P. The Balaban J connectivity index is 4.28. The third kappa shape index (κ3) is 40.8. The summed E-state index contributed by atoms with van der Waals surface area (Å²) >= 11 is 0. The van der Waals surface area contributed by atoms with Gasteiger partial charge in [-0.15, -0.1) is 0 Å². The minimum Gasteiger partial charge on any atom is -0.462 e. The standard InChI is InChI=1S/C46H78NO8P/c1-3-5-7-9-11-13-15-17-18-19-20-21-22-23-24-25-26-27-29-31-33-35-37-39-46(49)55-44(43-54-56(50,51)53-41-40-47)42-52-45(48)38-36-34-32-30-28-16-14-12-10-8-6-4-2/h5,7,11,13,17-18,20-21,23-24,26-27,31,33,44H,3-4,6,8-10,12,14-16,19,22,25,28-30,32,34-43,47H2,1-2H3,(H,50,51)/b7-5-,13-11-,18-17-,21-20-,24-23-,27-26-,33-31-. The number of phosphoric acid groups is 1. The number of allylic oxidation sites excluding steroid dienone is 14. The Labute approximate surface area is 341 Å². The number of carbonyl (C=O) groups excluding carboxylic acids is 2. The molecule has 0 saturated heterocycles. The molecule has 9 nitrogen and oxygen atoms in total. The fourth-order valence-corrected chi connectivity index (χ4v) is 6.15. The van der Waals surface area contributed by atoms with Crippen LogP contribution in [0.4, 0.5) is 0 Å². The molecule has 56 heavy (non-hydrogen) atoms. The Morgan fingerprint density at radius 3 is 1.45 bits per heavy atom. The second-order valence-corrected chi connectivity index (χ2v) is 15.3. The lowest BCUT2D eigenvalue weighted by atomic mass is 10.0. The summed E-state index contributed by atoms with van der Waals surface area (Å²) in [6, 6.07) is 0. The SMILES string of the molecule is CC/C=C\C/C=C\C/C=C\C/C=C\C/C=C\C/C=C\C/C=C\CCCC(=O)OC(COC(=O)CCCCCCCCCCCCCC)COP(=O)(O)OCCN. The van der Waals surface area contributed by atoms with E-state index < -0.39 is 32.5 Å². The van der Waals surface area contributed by atoms with Gasteiger partial charge in [-0.2, -0.15) is 0 Å². The monoisotopic (exact) mass is 804 g/mol. The fraction of sp³-hybridized carbons (Fsp3) is 0.652. The van der Waals surface area contributed by atoms with Crippen molar-refractivity contribution in [3.05, 3.63) is 85.1 Å². The van der Waals surface area contributed by atoms with Crippen molar-refractivity contribution in [3.8, 4) is 0 Å². The van der Waals surface area contributed by atoms with Crippen LogP contribution in [0.5, 0.6) is 0 Å². The molecule has 0 aromatic heterocycles. The van der Waals surface area contributed by atoms with E-state index in [9.17, 15) is 19.0 Å². The van der Waals surface area contributed by atoms with E-state index in [1.807, 2.05) is 6.08 Å². The van der Waals surface area contributed by atoms with Crippen LogP contribution in [-0.4, -0.2) is 49.3 Å². The molecule has 0 rings (SSSR count). The highest BCUT2D eigenvalue weighted by Crippen LogP contribution is 2.43. The largest absolute Gasteiger partial charge is 0.472 e. The van der Waals surface area contributed by atoms with E-state index in [1.165, 1.54) is 57.8 Å². The number of phosphoric ester groups is 1. The van der Waals surface area contributed by atoms with E-state index in [1.54, 1.807) is 0 Å². The minimum absolute atomic E-state index is 0.0406. The third-order valence-corrected chi connectivity index (χ3v) is 9.53. The van der Waals surface area contributed by atoms with Crippen LogP contribution in [0.3, 0.4) is 0 Å². The van der Waals surface area contributed by atoms with Gasteiger partial charge >= 0.3 is 19.8 Å². The summed E-state index contributed by atoms with van der Waals surface area (Å²) in [4.78, 5) is 34.8. The molecule has 0 heterocycles. The molecule has 0 aromatic rings. The van der Waals surface area contributed by atoms with Crippen LogP contribution in [0.15, 0.2) is 85.1 Å². The Morgan fingerprint density at radius 1 is 0.554 bits per heavy atom. The smallest absolute Gasteiger partial charge is 0.462 e. The second kappa shape index (κ2) is 41.8. The normalized spacial score (nSPS) is 14.1. The number of rotatable bonds is 39. The number of nitrogens with two attached hydrogens (primary N) is 1. The van der Waals surface area contributed by atoms with Crippen LogP contribution in [0.25, 0.3) is 0 Å². The van der Waals surface area contributed by atoms with E-state index in [-0.39, 0.29) is 32.6 Å². The van der Waals surface area contributed by atoms with E-state index in [2.05, 4.69) is 92.8 Å². The first-order valence-electron chi connectivity index (χ1n) is 21.6. The first-order valence-corrected chi connectivity index (χ1v) is 23.1. The van der Waals surface area contributed by atoms with Crippen molar-refractivity contribution in [2.75, 3.05) is 26.4 Å². The Kier molecular flexibility index (Phi) is 39.7. The van der Waals surface area contributed by atoms with Crippen LogP contribution >= 0.6 is 7.82 Å². The molecule has 2 atom stereocenters. The number of unbranched alkanes of at least 4 members (excludes halogenated alkanes) is 12. The Morgan fingerprint density at radius 2 is 0.982 bits per heavy atom. The maximum absolute atomic E-state index is 12.6. The van der Waals surface area contributed by atoms with Crippen molar-refractivity contribution in [1.29, 1.82) is 0 Å². The molecule has 0 aliphatic heterocycles. The van der Waals surface area contributed by atoms with Gasteiger partial charge in [0.25, 0.3) is 0 Å². The van der Waals surface area contributed by atoms with E-state index in [0.29, 0.717) is 12.8 Å². The van der Waals surface area contributed by atoms with Crippen LogP contribution in [0.2, 0.25) is 0 Å². The fourth-order valence-electron chi connectivity index (χ4n) is 5.39. The minimum atomic E-state index is -4.39. The molecule has 0 saturated carbocycles. The van der Waals surface area contributed by atoms with Gasteiger partial charge < -0.3 is 20.1 Å². The van der Waals surface area contributed by atoms with Gasteiger partial charge in [-0.25, -0.2) is 4.57 Å². The molecule has 2 unspecified atom stereocenters. The summed E-state index contributed by atoms with van der Waals surface area (Å²) in [6.45, 7) is 3.53. The molecule has 0 aliphatic rings. The highest BCUT2D eigenvalue weighted by Gasteiger charge is 2.25. The van der Waals surface area contributed by atoms with E-state index >= 15 is 0 Å². The lowest BCUT2D eigenvalue weighted by molar-refractivity contribution is -0.161. The quantitative estimate of drug-likeness (QED) is 0.0269. The molecule has 0 amide bonds. The predicted octanol–water partition coefficient (Wildman–Crippen LogP) is 12.4. The van der Waals surface area contributed by atoms with Crippen molar-refractivity contribution < 1.29 is 37.6 Å². The van der Waals surface area contributed by atoms with Crippen molar-refractivity contribution in [2.45, 2.75) is 168 Å². The van der Waals surface area contributed by atoms with Gasteiger partial charge in [0.15, 0.2) is 6.10 Å². The van der Waals surface area contributed by atoms with Crippen LogP contribution in [0.1, 0.15) is 162 Å². The number of esters is 2. The number of ether oxygens (including phenoxy) is 2. The van der Waals surface area contributed by atoms with Gasteiger partial charge in [0.1, 0.15) is 6.61 Å². The molecule has 0 radical (unpaired) electrons. The molecule has 0 aromatic carbocycles. The van der Waals surface area contributed by atoms with Gasteiger partial charge in [-0.1, -0.05) is 170 Å². The summed E-state index contributed by atoms with van der Waals surface area (Å²) in [6.07, 6.45) is 51.9. The van der Waals surface area contributed by atoms with Crippen molar-refractivity contribution in [1.82, 2.24) is 0 Å². The number of hydrogen-bond donors (Lipinski definition) is 2. The van der Waals surface area contributed by atoms with Gasteiger partial charge in [-0.3, -0.25) is 18.6 Å². The first-order chi connectivity index (χ1) is 27.3. The molecule has 0 fully saturated rings. The highest BCUT2D eigenvalue weighted by atomic mass is 31.2.